The van der Waals surface area contributed by atoms with Crippen LogP contribution in [0.4, 0.5) is 5.69 Å². The molecule has 0 aliphatic carbocycles. The third-order valence-corrected chi connectivity index (χ3v) is 2.81. The Labute approximate surface area is 120 Å². The topological polar surface area (TPSA) is 81.9 Å². The number of phenols is 1. The Balaban J connectivity index is 2.02. The van der Waals surface area contributed by atoms with E-state index < -0.39 is 5.97 Å². The van der Waals surface area contributed by atoms with Crippen LogP contribution < -0.4 is 5.43 Å². The van der Waals surface area contributed by atoms with Crippen molar-refractivity contribution < 1.29 is 15.0 Å². The molecule has 0 saturated heterocycles. The molecule has 0 spiro atoms. The molecule has 0 fully saturated rings. The van der Waals surface area contributed by atoms with E-state index in [2.05, 4.69) is 10.5 Å². The van der Waals surface area contributed by atoms with Crippen molar-refractivity contribution in [2.75, 3.05) is 5.43 Å². The highest BCUT2D eigenvalue weighted by atomic mass is 35.5. The minimum Gasteiger partial charge on any atom is -0.506 e. The van der Waals surface area contributed by atoms with Gasteiger partial charge >= 0.3 is 5.97 Å². The molecule has 0 amide bonds. The normalized spacial score (nSPS) is 10.7. The van der Waals surface area contributed by atoms with E-state index in [9.17, 15) is 9.90 Å². The summed E-state index contributed by atoms with van der Waals surface area (Å²) in [6.07, 6.45) is 1.54. The summed E-state index contributed by atoms with van der Waals surface area (Å²) in [6.45, 7) is 0. The maximum Gasteiger partial charge on any atom is 0.335 e. The third kappa shape index (κ3) is 3.49. The van der Waals surface area contributed by atoms with Crippen molar-refractivity contribution in [3.05, 3.63) is 58.6 Å². The highest BCUT2D eigenvalue weighted by Gasteiger charge is 2.01. The highest BCUT2D eigenvalue weighted by molar-refractivity contribution is 6.32. The number of hydrogen-bond acceptors (Lipinski definition) is 4. The molecule has 3 N–H and O–H groups in total. The summed E-state index contributed by atoms with van der Waals surface area (Å²) in [5, 5.41) is 22.3. The van der Waals surface area contributed by atoms with Crippen LogP contribution in [0.1, 0.15) is 15.9 Å². The van der Waals surface area contributed by atoms with Crippen LogP contribution in [-0.2, 0) is 0 Å². The van der Waals surface area contributed by atoms with Crippen LogP contribution in [0.15, 0.2) is 47.6 Å². The van der Waals surface area contributed by atoms with Gasteiger partial charge in [-0.25, -0.2) is 4.79 Å². The number of anilines is 1. The second kappa shape index (κ2) is 6.08. The summed E-state index contributed by atoms with van der Waals surface area (Å²) in [5.41, 5.74) is 4.36. The van der Waals surface area contributed by atoms with E-state index in [0.29, 0.717) is 5.69 Å². The summed E-state index contributed by atoms with van der Waals surface area (Å²) in [6, 6.07) is 10.9. The maximum atomic E-state index is 10.7. The number of halogens is 1. The van der Waals surface area contributed by atoms with E-state index in [1.807, 2.05) is 0 Å². The fraction of sp³-hybridized carbons (Fsp3) is 0. The average molecular weight is 291 g/mol. The number of benzene rings is 2. The van der Waals surface area contributed by atoms with Crippen LogP contribution in [0, 0.1) is 0 Å². The lowest BCUT2D eigenvalue weighted by Crippen LogP contribution is -1.96. The summed E-state index contributed by atoms with van der Waals surface area (Å²) in [5.74, 6) is -0.958. The predicted octanol–water partition coefficient (Wildman–Crippen LogP) is 3.19. The quantitative estimate of drug-likeness (QED) is 0.596. The summed E-state index contributed by atoms with van der Waals surface area (Å²) >= 11 is 5.77. The molecule has 0 aliphatic heterocycles. The molecule has 0 radical (unpaired) electrons. The minimum absolute atomic E-state index is 0.0148. The molecule has 0 heterocycles. The molecule has 2 aromatic carbocycles. The van der Waals surface area contributed by atoms with Crippen LogP contribution >= 0.6 is 11.6 Å². The molecule has 0 bridgehead atoms. The maximum absolute atomic E-state index is 10.7. The van der Waals surface area contributed by atoms with Gasteiger partial charge in [-0.1, -0.05) is 11.6 Å². The number of phenolic OH excluding ortho intramolecular Hbond substituents is 1. The number of rotatable bonds is 4. The fourth-order valence-electron chi connectivity index (χ4n) is 1.47. The Hall–Kier alpha value is -2.53. The van der Waals surface area contributed by atoms with Crippen molar-refractivity contribution >= 4 is 29.5 Å². The molecule has 20 heavy (non-hydrogen) atoms. The van der Waals surface area contributed by atoms with E-state index in [0.717, 1.165) is 5.56 Å². The zero-order valence-corrected chi connectivity index (χ0v) is 11.0. The van der Waals surface area contributed by atoms with Crippen LogP contribution in [-0.4, -0.2) is 22.4 Å². The average Bonchev–Trinajstić information content (AvgIpc) is 2.43. The van der Waals surface area contributed by atoms with Crippen molar-refractivity contribution in [2.24, 2.45) is 5.10 Å². The van der Waals surface area contributed by atoms with E-state index in [1.165, 1.54) is 24.4 Å². The van der Waals surface area contributed by atoms with E-state index >= 15 is 0 Å². The van der Waals surface area contributed by atoms with Gasteiger partial charge in [-0.05, 0) is 48.0 Å². The van der Waals surface area contributed by atoms with Gasteiger partial charge in [0.25, 0.3) is 0 Å². The van der Waals surface area contributed by atoms with Crippen molar-refractivity contribution in [3.8, 4) is 5.75 Å². The van der Waals surface area contributed by atoms with E-state index in [-0.39, 0.29) is 16.3 Å². The molecule has 6 heteroatoms. The molecular weight excluding hydrogens is 280 g/mol. The lowest BCUT2D eigenvalue weighted by atomic mass is 10.2. The smallest absolute Gasteiger partial charge is 0.335 e. The molecule has 2 rings (SSSR count). The van der Waals surface area contributed by atoms with Gasteiger partial charge in [0.2, 0.25) is 0 Å². The highest BCUT2D eigenvalue weighted by Crippen LogP contribution is 2.22. The van der Waals surface area contributed by atoms with Crippen molar-refractivity contribution in [3.63, 3.8) is 0 Å². The van der Waals surface area contributed by atoms with Crippen LogP contribution in [0.25, 0.3) is 0 Å². The molecule has 0 aliphatic rings. The Morgan fingerprint density at radius 1 is 1.20 bits per heavy atom. The number of aromatic hydroxyl groups is 1. The molecule has 5 nitrogen and oxygen atoms in total. The van der Waals surface area contributed by atoms with Crippen molar-refractivity contribution in [1.82, 2.24) is 0 Å². The zero-order chi connectivity index (χ0) is 14.5. The van der Waals surface area contributed by atoms with E-state index in [4.69, 9.17) is 16.7 Å². The van der Waals surface area contributed by atoms with Gasteiger partial charge in [-0.15, -0.1) is 0 Å². The largest absolute Gasteiger partial charge is 0.506 e. The summed E-state index contributed by atoms with van der Waals surface area (Å²) in [7, 11) is 0. The lowest BCUT2D eigenvalue weighted by Gasteiger charge is -2.01. The lowest BCUT2D eigenvalue weighted by molar-refractivity contribution is 0.0697. The second-order valence-electron chi connectivity index (χ2n) is 3.96. The zero-order valence-electron chi connectivity index (χ0n) is 10.2. The van der Waals surface area contributed by atoms with Gasteiger partial charge in [0.1, 0.15) is 5.75 Å². The Morgan fingerprint density at radius 2 is 1.90 bits per heavy atom. The van der Waals surface area contributed by atoms with Gasteiger partial charge in [-0.2, -0.15) is 5.10 Å². The van der Waals surface area contributed by atoms with Crippen LogP contribution in [0.3, 0.4) is 0 Å². The number of nitrogens with zero attached hydrogens (tertiary/aromatic N) is 1. The van der Waals surface area contributed by atoms with Crippen LogP contribution in [0.5, 0.6) is 5.75 Å². The Bertz CT molecular complexity index is 654. The minimum atomic E-state index is -0.973. The molecule has 102 valence electrons. The van der Waals surface area contributed by atoms with Crippen molar-refractivity contribution in [1.29, 1.82) is 0 Å². The second-order valence-corrected chi connectivity index (χ2v) is 4.37. The number of hydrogen-bond donors (Lipinski definition) is 3. The number of aromatic carboxylic acids is 1. The first-order chi connectivity index (χ1) is 9.56. The van der Waals surface area contributed by atoms with Gasteiger partial charge < -0.3 is 10.2 Å². The van der Waals surface area contributed by atoms with E-state index in [1.54, 1.807) is 24.3 Å². The summed E-state index contributed by atoms with van der Waals surface area (Å²) < 4.78 is 0. The van der Waals surface area contributed by atoms with Gasteiger partial charge in [0.15, 0.2) is 0 Å². The fourth-order valence-corrected chi connectivity index (χ4v) is 1.66. The molecule has 0 aromatic heterocycles. The number of hydrazone groups is 1. The van der Waals surface area contributed by atoms with Gasteiger partial charge in [-0.3, -0.25) is 5.43 Å². The Kier molecular flexibility index (Phi) is 4.22. The molecule has 0 saturated carbocycles. The number of nitrogens with one attached hydrogen (secondary N) is 1. The monoisotopic (exact) mass is 290 g/mol. The van der Waals surface area contributed by atoms with Crippen molar-refractivity contribution in [2.45, 2.75) is 0 Å². The predicted molar refractivity (Wildman–Crippen MR) is 77.7 cm³/mol. The molecule has 0 atom stereocenters. The number of carboxylic acid groups (broad SMARTS) is 1. The first-order valence-corrected chi connectivity index (χ1v) is 6.05. The van der Waals surface area contributed by atoms with Gasteiger partial charge in [0.05, 0.1) is 22.5 Å². The standard InChI is InChI=1S/C14H11ClN2O3/c15-12-7-9(1-6-13(12)18)8-16-17-11-4-2-10(3-5-11)14(19)20/h1-8,17-18H,(H,19,20). The molecule has 2 aromatic rings. The van der Waals surface area contributed by atoms with Gasteiger partial charge in [0, 0.05) is 0 Å². The molecular formula is C14H11ClN2O3. The first-order valence-electron chi connectivity index (χ1n) is 5.67. The number of carbonyl (C=O) groups is 1. The van der Waals surface area contributed by atoms with Crippen LogP contribution in [0.2, 0.25) is 5.02 Å². The third-order valence-electron chi connectivity index (χ3n) is 2.51. The molecule has 0 unspecified atom stereocenters. The number of carboxylic acids is 1. The Morgan fingerprint density at radius 3 is 2.50 bits per heavy atom. The SMILES string of the molecule is O=C(O)c1ccc(NN=Cc2ccc(O)c(Cl)c2)cc1. The first kappa shape index (κ1) is 13.9. The summed E-state index contributed by atoms with van der Waals surface area (Å²) in [4.78, 5) is 10.7.